The molecule has 4 rings (SSSR count). The molecule has 0 saturated carbocycles. The molecular formula is C25H35N3O5. The summed E-state index contributed by atoms with van der Waals surface area (Å²) in [4.78, 5) is 42.9. The Hall–Kier alpha value is -2.77. The van der Waals surface area contributed by atoms with E-state index in [1.54, 1.807) is 18.2 Å². The van der Waals surface area contributed by atoms with Gasteiger partial charge in [-0.3, -0.25) is 14.4 Å². The fourth-order valence-electron chi connectivity index (χ4n) is 4.92. The molecule has 1 N–H and O–H groups in total. The van der Waals surface area contributed by atoms with Gasteiger partial charge in [0.15, 0.2) is 11.5 Å². The Labute approximate surface area is 195 Å². The van der Waals surface area contributed by atoms with E-state index in [1.807, 2.05) is 23.6 Å². The summed E-state index contributed by atoms with van der Waals surface area (Å²) in [5, 5.41) is 3.04. The fraction of sp³-hybridized carbons (Fsp3) is 0.640. The molecule has 1 unspecified atom stereocenters. The van der Waals surface area contributed by atoms with Gasteiger partial charge in [-0.1, -0.05) is 13.8 Å². The predicted octanol–water partition coefficient (Wildman–Crippen LogP) is 2.81. The maximum absolute atomic E-state index is 13.5. The van der Waals surface area contributed by atoms with Crippen molar-refractivity contribution in [3.8, 4) is 11.5 Å². The molecule has 1 aromatic carbocycles. The molecule has 3 aliphatic rings. The van der Waals surface area contributed by atoms with Gasteiger partial charge in [0.2, 0.25) is 18.6 Å². The Balaban J connectivity index is 1.46. The highest BCUT2D eigenvalue weighted by Gasteiger charge is 2.36. The molecule has 8 heteroatoms. The van der Waals surface area contributed by atoms with Crippen molar-refractivity contribution in [2.75, 3.05) is 33.0 Å². The fourth-order valence-corrected chi connectivity index (χ4v) is 4.92. The Morgan fingerprint density at radius 1 is 0.970 bits per heavy atom. The van der Waals surface area contributed by atoms with Gasteiger partial charge < -0.3 is 24.6 Å². The molecule has 3 aliphatic heterocycles. The smallest absolute Gasteiger partial charge is 0.252 e. The summed E-state index contributed by atoms with van der Waals surface area (Å²) in [5.41, 5.74) is 0.445. The van der Waals surface area contributed by atoms with E-state index in [4.69, 9.17) is 9.47 Å². The van der Waals surface area contributed by atoms with Gasteiger partial charge in [0.25, 0.3) is 5.91 Å². The lowest BCUT2D eigenvalue weighted by molar-refractivity contribution is -0.137. The largest absolute Gasteiger partial charge is 0.454 e. The minimum absolute atomic E-state index is 0.000451. The van der Waals surface area contributed by atoms with Crippen molar-refractivity contribution in [2.24, 2.45) is 11.8 Å². The Bertz CT molecular complexity index is 873. The summed E-state index contributed by atoms with van der Waals surface area (Å²) in [5.74, 6) is 1.36. The van der Waals surface area contributed by atoms with Gasteiger partial charge in [0.1, 0.15) is 6.04 Å². The highest BCUT2D eigenvalue weighted by Crippen LogP contribution is 2.32. The lowest BCUT2D eigenvalue weighted by Crippen LogP contribution is -2.55. The number of carbonyl (C=O) groups excluding carboxylic acids is 3. The van der Waals surface area contributed by atoms with Crippen LogP contribution in [0.1, 0.15) is 62.7 Å². The van der Waals surface area contributed by atoms with Gasteiger partial charge in [0, 0.05) is 38.2 Å². The van der Waals surface area contributed by atoms with Gasteiger partial charge in [0.05, 0.1) is 0 Å². The van der Waals surface area contributed by atoms with Crippen LogP contribution in [-0.2, 0) is 9.59 Å². The standard InChI is InChI=1S/C25H35N3O5/c1-17(2)14-22(29)27-12-8-18(9-13-27)23(25(31)28-10-4-3-5-11-28)26-24(30)19-6-7-20-21(15-19)33-16-32-20/h6-7,15,17-18,23H,3-5,8-14,16H2,1-2H3,(H,26,30). The Morgan fingerprint density at radius 2 is 1.67 bits per heavy atom. The number of hydrogen-bond acceptors (Lipinski definition) is 5. The third kappa shape index (κ3) is 5.60. The second kappa shape index (κ2) is 10.4. The molecule has 0 aromatic heterocycles. The minimum Gasteiger partial charge on any atom is -0.454 e. The van der Waals surface area contributed by atoms with Gasteiger partial charge in [-0.25, -0.2) is 0 Å². The zero-order chi connectivity index (χ0) is 23.4. The molecule has 2 fully saturated rings. The van der Waals surface area contributed by atoms with Crippen molar-refractivity contribution >= 4 is 17.7 Å². The number of nitrogens with one attached hydrogen (secondary N) is 1. The molecule has 3 heterocycles. The molecule has 0 bridgehead atoms. The maximum Gasteiger partial charge on any atom is 0.252 e. The quantitative estimate of drug-likeness (QED) is 0.710. The second-order valence-corrected chi connectivity index (χ2v) is 9.72. The first-order valence-corrected chi connectivity index (χ1v) is 12.2. The Morgan fingerprint density at radius 3 is 2.36 bits per heavy atom. The molecule has 180 valence electrons. The van der Waals surface area contributed by atoms with E-state index in [0.717, 1.165) is 32.4 Å². The van der Waals surface area contributed by atoms with E-state index in [-0.39, 0.29) is 30.4 Å². The highest BCUT2D eigenvalue weighted by molar-refractivity contribution is 5.98. The molecular weight excluding hydrogens is 422 g/mol. The molecule has 3 amide bonds. The summed E-state index contributed by atoms with van der Waals surface area (Å²) < 4.78 is 10.7. The van der Waals surface area contributed by atoms with Crippen molar-refractivity contribution in [3.05, 3.63) is 23.8 Å². The number of ether oxygens (including phenoxy) is 2. The first kappa shape index (κ1) is 23.4. The van der Waals surface area contributed by atoms with Crippen LogP contribution >= 0.6 is 0 Å². The molecule has 0 spiro atoms. The summed E-state index contributed by atoms with van der Waals surface area (Å²) in [6.45, 7) is 6.96. The number of likely N-dealkylation sites (tertiary alicyclic amines) is 2. The number of fused-ring (bicyclic) bond motifs is 1. The molecule has 1 atom stereocenters. The maximum atomic E-state index is 13.5. The van der Waals surface area contributed by atoms with Crippen LogP contribution in [0.15, 0.2) is 18.2 Å². The van der Waals surface area contributed by atoms with Crippen LogP contribution in [0.4, 0.5) is 0 Å². The lowest BCUT2D eigenvalue weighted by atomic mass is 9.87. The van der Waals surface area contributed by atoms with Gasteiger partial charge in [-0.15, -0.1) is 0 Å². The van der Waals surface area contributed by atoms with E-state index in [9.17, 15) is 14.4 Å². The molecule has 8 nitrogen and oxygen atoms in total. The number of rotatable bonds is 6. The lowest BCUT2D eigenvalue weighted by Gasteiger charge is -2.38. The van der Waals surface area contributed by atoms with Crippen molar-refractivity contribution < 1.29 is 23.9 Å². The van der Waals surface area contributed by atoms with Crippen molar-refractivity contribution in [1.82, 2.24) is 15.1 Å². The SMILES string of the molecule is CC(C)CC(=O)N1CCC(C(NC(=O)c2ccc3c(c2)OCO3)C(=O)N2CCCCC2)CC1. The van der Waals surface area contributed by atoms with Crippen LogP contribution < -0.4 is 14.8 Å². The summed E-state index contributed by atoms with van der Waals surface area (Å²) in [6.07, 6.45) is 5.08. The predicted molar refractivity (Wildman–Crippen MR) is 123 cm³/mol. The molecule has 1 aromatic rings. The first-order valence-electron chi connectivity index (χ1n) is 12.2. The van der Waals surface area contributed by atoms with E-state index in [2.05, 4.69) is 5.32 Å². The molecule has 0 aliphatic carbocycles. The number of carbonyl (C=O) groups is 3. The van der Waals surface area contributed by atoms with E-state index in [0.29, 0.717) is 55.3 Å². The second-order valence-electron chi connectivity index (χ2n) is 9.72. The molecule has 33 heavy (non-hydrogen) atoms. The van der Waals surface area contributed by atoms with Crippen LogP contribution in [0.25, 0.3) is 0 Å². The van der Waals surface area contributed by atoms with Crippen molar-refractivity contribution in [1.29, 1.82) is 0 Å². The monoisotopic (exact) mass is 457 g/mol. The van der Waals surface area contributed by atoms with Gasteiger partial charge >= 0.3 is 0 Å². The zero-order valence-electron chi connectivity index (χ0n) is 19.7. The van der Waals surface area contributed by atoms with Crippen molar-refractivity contribution in [2.45, 2.75) is 58.4 Å². The number of piperidine rings is 2. The van der Waals surface area contributed by atoms with Crippen LogP contribution in [-0.4, -0.2) is 66.5 Å². The van der Waals surface area contributed by atoms with E-state index >= 15 is 0 Å². The van der Waals surface area contributed by atoms with Gasteiger partial charge in [-0.2, -0.15) is 0 Å². The third-order valence-electron chi connectivity index (χ3n) is 6.80. The number of amides is 3. The van der Waals surface area contributed by atoms with Crippen LogP contribution in [0.5, 0.6) is 11.5 Å². The van der Waals surface area contributed by atoms with Crippen LogP contribution in [0, 0.1) is 11.8 Å². The van der Waals surface area contributed by atoms with Gasteiger partial charge in [-0.05, 0) is 62.1 Å². The minimum atomic E-state index is -0.594. The molecule has 0 radical (unpaired) electrons. The number of nitrogens with zero attached hydrogens (tertiary/aromatic N) is 2. The van der Waals surface area contributed by atoms with E-state index < -0.39 is 6.04 Å². The highest BCUT2D eigenvalue weighted by atomic mass is 16.7. The summed E-state index contributed by atoms with van der Waals surface area (Å²) >= 11 is 0. The van der Waals surface area contributed by atoms with Crippen LogP contribution in [0.2, 0.25) is 0 Å². The zero-order valence-corrected chi connectivity index (χ0v) is 19.7. The Kier molecular flexibility index (Phi) is 7.40. The number of benzene rings is 1. The van der Waals surface area contributed by atoms with Crippen LogP contribution in [0.3, 0.4) is 0 Å². The normalized spacial score (nSPS) is 19.5. The average molecular weight is 458 g/mol. The van der Waals surface area contributed by atoms with Crippen molar-refractivity contribution in [3.63, 3.8) is 0 Å². The average Bonchev–Trinajstić information content (AvgIpc) is 3.30. The topological polar surface area (TPSA) is 88.2 Å². The summed E-state index contributed by atoms with van der Waals surface area (Å²) in [6, 6.07) is 4.48. The molecule has 2 saturated heterocycles. The van der Waals surface area contributed by atoms with E-state index in [1.165, 1.54) is 0 Å². The number of hydrogen-bond donors (Lipinski definition) is 1. The first-order chi connectivity index (χ1) is 15.9. The summed E-state index contributed by atoms with van der Waals surface area (Å²) in [7, 11) is 0. The third-order valence-corrected chi connectivity index (χ3v) is 6.80.